The number of hydrogen-bond acceptors (Lipinski definition) is 3. The minimum absolute atomic E-state index is 0.277. The monoisotopic (exact) mass is 245 g/mol. The van der Waals surface area contributed by atoms with Crippen molar-refractivity contribution in [1.29, 1.82) is 0 Å². The van der Waals surface area contributed by atoms with Crippen molar-refractivity contribution in [2.75, 3.05) is 18.4 Å². The molecule has 0 bridgehead atoms. The summed E-state index contributed by atoms with van der Waals surface area (Å²) in [5.74, 6) is 4.12. The molecule has 0 saturated carbocycles. The third kappa shape index (κ3) is 3.92. The molecular formula is C13H15N3O2. The molecule has 94 valence electrons. The van der Waals surface area contributed by atoms with Crippen LogP contribution in [0.4, 0.5) is 5.69 Å². The Hall–Kier alpha value is -2.32. The van der Waals surface area contributed by atoms with Crippen LogP contribution in [-0.4, -0.2) is 24.9 Å². The van der Waals surface area contributed by atoms with Crippen LogP contribution >= 0.6 is 0 Å². The van der Waals surface area contributed by atoms with Crippen molar-refractivity contribution in [1.82, 2.24) is 5.32 Å². The Kier molecular flexibility index (Phi) is 5.42. The van der Waals surface area contributed by atoms with Crippen LogP contribution in [0.15, 0.2) is 24.3 Å². The summed E-state index contributed by atoms with van der Waals surface area (Å²) in [5, 5.41) is 5.21. The molecule has 0 aliphatic carbocycles. The minimum Gasteiger partial charge on any atom is -0.351 e. The molecule has 0 aromatic heterocycles. The fraction of sp³-hybridized carbons (Fsp3) is 0.231. The van der Waals surface area contributed by atoms with Crippen molar-refractivity contribution in [3.05, 3.63) is 29.8 Å². The number of amides is 2. The third-order valence-corrected chi connectivity index (χ3v) is 2.09. The Labute approximate surface area is 106 Å². The van der Waals surface area contributed by atoms with Crippen molar-refractivity contribution >= 4 is 17.5 Å². The average Bonchev–Trinajstić information content (AvgIpc) is 2.37. The van der Waals surface area contributed by atoms with E-state index in [-0.39, 0.29) is 5.91 Å². The fourth-order valence-electron chi connectivity index (χ4n) is 1.34. The second-order valence-electron chi connectivity index (χ2n) is 3.42. The molecule has 0 heterocycles. The first-order valence-electron chi connectivity index (χ1n) is 5.50. The molecule has 0 aliphatic rings. The van der Waals surface area contributed by atoms with Gasteiger partial charge in [0.2, 0.25) is 0 Å². The quantitative estimate of drug-likeness (QED) is 0.669. The molecule has 0 unspecified atom stereocenters. The molecule has 1 rings (SSSR count). The van der Waals surface area contributed by atoms with Gasteiger partial charge in [-0.15, -0.1) is 0 Å². The standard InChI is InChI=1S/C13H15N3O2/c1-2-5-12(17)16-11-7-4-3-6-10(11)13(18)15-9-8-14/h3-4,6-7H,8-9,14H2,1H3,(H,15,18)(H,16,17). The molecule has 0 saturated heterocycles. The lowest BCUT2D eigenvalue weighted by Gasteiger charge is -2.09. The summed E-state index contributed by atoms with van der Waals surface area (Å²) in [7, 11) is 0. The van der Waals surface area contributed by atoms with E-state index in [2.05, 4.69) is 22.5 Å². The lowest BCUT2D eigenvalue weighted by molar-refractivity contribution is -0.111. The van der Waals surface area contributed by atoms with E-state index >= 15 is 0 Å². The summed E-state index contributed by atoms with van der Waals surface area (Å²) in [6, 6.07) is 6.72. The van der Waals surface area contributed by atoms with E-state index in [9.17, 15) is 9.59 Å². The molecule has 0 atom stereocenters. The van der Waals surface area contributed by atoms with E-state index in [0.717, 1.165) is 0 Å². The van der Waals surface area contributed by atoms with Gasteiger partial charge in [0.1, 0.15) is 0 Å². The second-order valence-corrected chi connectivity index (χ2v) is 3.42. The first-order chi connectivity index (χ1) is 8.69. The molecule has 0 aliphatic heterocycles. The second kappa shape index (κ2) is 7.09. The number of anilines is 1. The van der Waals surface area contributed by atoms with E-state index in [0.29, 0.717) is 24.3 Å². The first-order valence-corrected chi connectivity index (χ1v) is 5.50. The summed E-state index contributed by atoms with van der Waals surface area (Å²) in [6.45, 7) is 2.32. The zero-order valence-corrected chi connectivity index (χ0v) is 10.1. The van der Waals surface area contributed by atoms with Crippen LogP contribution in [0, 0.1) is 11.8 Å². The third-order valence-electron chi connectivity index (χ3n) is 2.09. The molecule has 0 spiro atoms. The van der Waals surface area contributed by atoms with Crippen molar-refractivity contribution in [2.24, 2.45) is 5.73 Å². The fourth-order valence-corrected chi connectivity index (χ4v) is 1.34. The van der Waals surface area contributed by atoms with Crippen LogP contribution < -0.4 is 16.4 Å². The summed E-state index contributed by atoms with van der Waals surface area (Å²) in [5.41, 5.74) is 6.13. The van der Waals surface area contributed by atoms with Gasteiger partial charge in [-0.1, -0.05) is 18.1 Å². The maximum absolute atomic E-state index is 11.8. The van der Waals surface area contributed by atoms with E-state index in [1.54, 1.807) is 31.2 Å². The van der Waals surface area contributed by atoms with E-state index in [4.69, 9.17) is 5.73 Å². The predicted molar refractivity (Wildman–Crippen MR) is 69.9 cm³/mol. The SMILES string of the molecule is CC#CC(=O)Nc1ccccc1C(=O)NCCN. The smallest absolute Gasteiger partial charge is 0.300 e. The normalized spacial score (nSPS) is 9.00. The number of rotatable bonds is 4. The van der Waals surface area contributed by atoms with Crippen LogP contribution in [-0.2, 0) is 4.79 Å². The Morgan fingerprint density at radius 1 is 1.33 bits per heavy atom. The highest BCUT2D eigenvalue weighted by Gasteiger charge is 2.11. The summed E-state index contributed by atoms with van der Waals surface area (Å²) in [6.07, 6.45) is 0. The van der Waals surface area contributed by atoms with Gasteiger partial charge in [0.25, 0.3) is 11.8 Å². The van der Waals surface area contributed by atoms with E-state index < -0.39 is 5.91 Å². The Balaban J connectivity index is 2.87. The van der Waals surface area contributed by atoms with Gasteiger partial charge >= 0.3 is 0 Å². The number of carbonyl (C=O) groups is 2. The molecule has 1 aromatic carbocycles. The van der Waals surface area contributed by atoms with Gasteiger partial charge < -0.3 is 16.4 Å². The highest BCUT2D eigenvalue weighted by molar-refractivity contribution is 6.08. The number of nitrogens with two attached hydrogens (primary N) is 1. The van der Waals surface area contributed by atoms with Crippen LogP contribution in [0.3, 0.4) is 0 Å². The van der Waals surface area contributed by atoms with Gasteiger partial charge in [0, 0.05) is 13.1 Å². The minimum atomic E-state index is -0.448. The van der Waals surface area contributed by atoms with E-state index in [1.807, 2.05) is 0 Å². The number of para-hydroxylation sites is 1. The largest absolute Gasteiger partial charge is 0.351 e. The topological polar surface area (TPSA) is 84.2 Å². The maximum atomic E-state index is 11.8. The van der Waals surface area contributed by atoms with Crippen molar-refractivity contribution < 1.29 is 9.59 Å². The molecule has 5 nitrogen and oxygen atoms in total. The molecule has 4 N–H and O–H groups in total. The molecule has 5 heteroatoms. The number of nitrogens with one attached hydrogen (secondary N) is 2. The van der Waals surface area contributed by atoms with Crippen LogP contribution in [0.5, 0.6) is 0 Å². The summed E-state index contributed by atoms with van der Waals surface area (Å²) >= 11 is 0. The highest BCUT2D eigenvalue weighted by atomic mass is 16.2. The van der Waals surface area contributed by atoms with Gasteiger partial charge in [-0.05, 0) is 25.0 Å². The van der Waals surface area contributed by atoms with Gasteiger partial charge in [0.15, 0.2) is 0 Å². The number of benzene rings is 1. The molecule has 0 radical (unpaired) electrons. The zero-order valence-electron chi connectivity index (χ0n) is 10.1. The summed E-state index contributed by atoms with van der Waals surface area (Å²) < 4.78 is 0. The lowest BCUT2D eigenvalue weighted by Crippen LogP contribution is -2.29. The zero-order chi connectivity index (χ0) is 13.4. The Morgan fingerprint density at radius 2 is 2.06 bits per heavy atom. The van der Waals surface area contributed by atoms with Crippen molar-refractivity contribution in [3.8, 4) is 11.8 Å². The van der Waals surface area contributed by atoms with Crippen LogP contribution in [0.2, 0.25) is 0 Å². The molecule has 1 aromatic rings. The van der Waals surface area contributed by atoms with Gasteiger partial charge in [0.05, 0.1) is 11.3 Å². The number of carbonyl (C=O) groups excluding carboxylic acids is 2. The van der Waals surface area contributed by atoms with E-state index in [1.165, 1.54) is 0 Å². The molecular weight excluding hydrogens is 230 g/mol. The highest BCUT2D eigenvalue weighted by Crippen LogP contribution is 2.14. The van der Waals surface area contributed by atoms with Gasteiger partial charge in [-0.2, -0.15) is 0 Å². The molecule has 18 heavy (non-hydrogen) atoms. The van der Waals surface area contributed by atoms with Crippen molar-refractivity contribution in [3.63, 3.8) is 0 Å². The predicted octanol–water partition coefficient (Wildman–Crippen LogP) is 0.337. The Bertz CT molecular complexity index is 500. The number of hydrogen-bond donors (Lipinski definition) is 3. The van der Waals surface area contributed by atoms with Crippen LogP contribution in [0.25, 0.3) is 0 Å². The molecule has 0 fully saturated rings. The van der Waals surface area contributed by atoms with Gasteiger partial charge in [-0.3, -0.25) is 9.59 Å². The van der Waals surface area contributed by atoms with Gasteiger partial charge in [-0.25, -0.2) is 0 Å². The average molecular weight is 245 g/mol. The molecule has 2 amide bonds. The Morgan fingerprint density at radius 3 is 2.72 bits per heavy atom. The lowest BCUT2D eigenvalue weighted by atomic mass is 10.1. The van der Waals surface area contributed by atoms with Crippen LogP contribution in [0.1, 0.15) is 17.3 Å². The van der Waals surface area contributed by atoms with Crippen molar-refractivity contribution in [2.45, 2.75) is 6.92 Å². The summed E-state index contributed by atoms with van der Waals surface area (Å²) in [4.78, 5) is 23.2. The maximum Gasteiger partial charge on any atom is 0.300 e. The first kappa shape index (κ1) is 13.7.